The monoisotopic (exact) mass is 366 g/mol. The molecular weight excluding hydrogens is 356 g/mol. The summed E-state index contributed by atoms with van der Waals surface area (Å²) in [6.07, 6.45) is 1.54. The van der Waals surface area contributed by atoms with Crippen molar-refractivity contribution in [3.8, 4) is 5.75 Å². The smallest absolute Gasteiger partial charge is 0.277 e. The molecule has 0 saturated heterocycles. The van der Waals surface area contributed by atoms with Gasteiger partial charge in [-0.15, -0.1) is 0 Å². The number of hydrazone groups is 1. The molecule has 1 amide bonds. The second-order valence-corrected chi connectivity index (χ2v) is 5.44. The maximum atomic E-state index is 11.6. The first-order valence-electron chi connectivity index (χ1n) is 6.09. The molecule has 0 unspecified atom stereocenters. The van der Waals surface area contributed by atoms with Gasteiger partial charge in [0.25, 0.3) is 5.91 Å². The van der Waals surface area contributed by atoms with Crippen LogP contribution < -0.4 is 10.2 Å². The SMILES string of the molecule is O=C(COc1cccc(Br)c1)N/N=C/c1ccc(Cl)cc1. The number of halogens is 2. The van der Waals surface area contributed by atoms with E-state index in [0.29, 0.717) is 10.8 Å². The highest BCUT2D eigenvalue weighted by Gasteiger charge is 2.01. The fraction of sp³-hybridized carbons (Fsp3) is 0.0667. The summed E-state index contributed by atoms with van der Waals surface area (Å²) in [5.74, 6) is 0.279. The molecule has 0 fully saturated rings. The average Bonchev–Trinajstić information content (AvgIpc) is 2.47. The minimum absolute atomic E-state index is 0.103. The Hall–Kier alpha value is -1.85. The number of ether oxygens (including phenoxy) is 1. The summed E-state index contributed by atoms with van der Waals surface area (Å²) in [7, 11) is 0. The van der Waals surface area contributed by atoms with Crippen molar-refractivity contribution in [3.63, 3.8) is 0 Å². The molecular formula is C15H12BrClN2O2. The van der Waals surface area contributed by atoms with Gasteiger partial charge in [0.2, 0.25) is 0 Å². The molecule has 2 rings (SSSR count). The second kappa shape index (κ2) is 7.81. The number of hydrogen-bond acceptors (Lipinski definition) is 3. The first kappa shape index (κ1) is 15.5. The molecule has 1 N–H and O–H groups in total. The molecule has 6 heteroatoms. The van der Waals surface area contributed by atoms with Crippen LogP contribution in [0.1, 0.15) is 5.56 Å². The van der Waals surface area contributed by atoms with E-state index in [-0.39, 0.29) is 12.5 Å². The Bertz CT molecular complexity index is 644. The zero-order chi connectivity index (χ0) is 15.1. The molecule has 0 aliphatic rings. The summed E-state index contributed by atoms with van der Waals surface area (Å²) in [6.45, 7) is -0.103. The second-order valence-electron chi connectivity index (χ2n) is 4.09. The number of nitrogens with one attached hydrogen (secondary N) is 1. The number of amides is 1. The van der Waals surface area contributed by atoms with Crippen molar-refractivity contribution < 1.29 is 9.53 Å². The van der Waals surface area contributed by atoms with Gasteiger partial charge in [0.1, 0.15) is 5.75 Å². The van der Waals surface area contributed by atoms with Crippen LogP contribution in [0.3, 0.4) is 0 Å². The fourth-order valence-electron chi connectivity index (χ4n) is 1.47. The fourth-order valence-corrected chi connectivity index (χ4v) is 1.97. The van der Waals surface area contributed by atoms with Crippen LogP contribution in [0.25, 0.3) is 0 Å². The van der Waals surface area contributed by atoms with Gasteiger partial charge in [-0.05, 0) is 35.9 Å². The highest BCUT2D eigenvalue weighted by atomic mass is 79.9. The normalized spacial score (nSPS) is 10.6. The van der Waals surface area contributed by atoms with Crippen molar-refractivity contribution in [1.82, 2.24) is 5.43 Å². The maximum absolute atomic E-state index is 11.6. The van der Waals surface area contributed by atoms with Gasteiger partial charge in [-0.3, -0.25) is 4.79 Å². The third-order valence-corrected chi connectivity index (χ3v) is 3.18. The highest BCUT2D eigenvalue weighted by Crippen LogP contribution is 2.17. The quantitative estimate of drug-likeness (QED) is 0.648. The highest BCUT2D eigenvalue weighted by molar-refractivity contribution is 9.10. The van der Waals surface area contributed by atoms with Crippen molar-refractivity contribution in [2.45, 2.75) is 0 Å². The number of carbonyl (C=O) groups excluding carboxylic acids is 1. The van der Waals surface area contributed by atoms with E-state index in [1.54, 1.807) is 36.4 Å². The first-order valence-corrected chi connectivity index (χ1v) is 7.26. The van der Waals surface area contributed by atoms with Crippen LogP contribution in [0.15, 0.2) is 58.1 Å². The Morgan fingerprint density at radius 1 is 1.29 bits per heavy atom. The molecule has 21 heavy (non-hydrogen) atoms. The van der Waals surface area contributed by atoms with E-state index in [9.17, 15) is 4.79 Å². The van der Waals surface area contributed by atoms with Gasteiger partial charge in [-0.2, -0.15) is 5.10 Å². The summed E-state index contributed by atoms with van der Waals surface area (Å²) in [4.78, 5) is 11.6. The van der Waals surface area contributed by atoms with Crippen molar-refractivity contribution in [2.75, 3.05) is 6.61 Å². The molecule has 0 aromatic heterocycles. The van der Waals surface area contributed by atoms with E-state index in [2.05, 4.69) is 26.5 Å². The molecule has 0 bridgehead atoms. The van der Waals surface area contributed by atoms with E-state index >= 15 is 0 Å². The molecule has 0 atom stereocenters. The third kappa shape index (κ3) is 5.57. The van der Waals surface area contributed by atoms with Gasteiger partial charge in [0.15, 0.2) is 6.61 Å². The van der Waals surface area contributed by atoms with Gasteiger partial charge in [-0.1, -0.05) is 45.7 Å². The summed E-state index contributed by atoms with van der Waals surface area (Å²) in [6, 6.07) is 14.4. The molecule has 0 spiro atoms. The predicted octanol–water partition coefficient (Wildman–Crippen LogP) is 3.63. The van der Waals surface area contributed by atoms with Crippen LogP contribution in [0.5, 0.6) is 5.75 Å². The number of carbonyl (C=O) groups is 1. The van der Waals surface area contributed by atoms with Crippen molar-refractivity contribution in [3.05, 3.63) is 63.6 Å². The zero-order valence-electron chi connectivity index (χ0n) is 10.9. The lowest BCUT2D eigenvalue weighted by Gasteiger charge is -2.05. The lowest BCUT2D eigenvalue weighted by Crippen LogP contribution is -2.24. The molecule has 0 aliphatic heterocycles. The van der Waals surface area contributed by atoms with Crippen LogP contribution in [-0.2, 0) is 4.79 Å². The van der Waals surface area contributed by atoms with Crippen LogP contribution in [0, 0.1) is 0 Å². The van der Waals surface area contributed by atoms with E-state index in [0.717, 1.165) is 10.0 Å². The number of nitrogens with zero attached hydrogens (tertiary/aromatic N) is 1. The lowest BCUT2D eigenvalue weighted by molar-refractivity contribution is -0.123. The first-order chi connectivity index (χ1) is 10.1. The van der Waals surface area contributed by atoms with Gasteiger partial charge in [0, 0.05) is 9.50 Å². The minimum atomic E-state index is -0.333. The molecule has 108 valence electrons. The summed E-state index contributed by atoms with van der Waals surface area (Å²) in [5.41, 5.74) is 3.23. The maximum Gasteiger partial charge on any atom is 0.277 e. The van der Waals surface area contributed by atoms with Crippen molar-refractivity contribution in [1.29, 1.82) is 0 Å². The summed E-state index contributed by atoms with van der Waals surface area (Å²) >= 11 is 9.10. The molecule has 0 heterocycles. The number of hydrogen-bond donors (Lipinski definition) is 1. The molecule has 0 radical (unpaired) electrons. The lowest BCUT2D eigenvalue weighted by atomic mass is 10.2. The standard InChI is InChI=1S/C15H12BrClN2O2/c16-12-2-1-3-14(8-12)21-10-15(20)19-18-9-11-4-6-13(17)7-5-11/h1-9H,10H2,(H,19,20)/b18-9+. The molecule has 4 nitrogen and oxygen atoms in total. The Morgan fingerprint density at radius 3 is 2.76 bits per heavy atom. The van der Waals surface area contributed by atoms with Crippen LogP contribution in [0.2, 0.25) is 5.02 Å². The third-order valence-electron chi connectivity index (χ3n) is 2.44. The predicted molar refractivity (Wildman–Crippen MR) is 86.8 cm³/mol. The zero-order valence-corrected chi connectivity index (χ0v) is 13.3. The number of benzene rings is 2. The minimum Gasteiger partial charge on any atom is -0.484 e. The Labute approximate surface area is 135 Å². The van der Waals surface area contributed by atoms with Gasteiger partial charge < -0.3 is 4.74 Å². The topological polar surface area (TPSA) is 50.7 Å². The van der Waals surface area contributed by atoms with Crippen LogP contribution in [-0.4, -0.2) is 18.7 Å². The Balaban J connectivity index is 1.78. The van der Waals surface area contributed by atoms with E-state index in [1.807, 2.05) is 12.1 Å². The molecule has 0 aliphatic carbocycles. The summed E-state index contributed by atoms with van der Waals surface area (Å²) in [5, 5.41) is 4.50. The van der Waals surface area contributed by atoms with Gasteiger partial charge in [-0.25, -0.2) is 5.43 Å². The Kier molecular flexibility index (Phi) is 5.78. The van der Waals surface area contributed by atoms with E-state index in [1.165, 1.54) is 6.21 Å². The van der Waals surface area contributed by atoms with Crippen LogP contribution in [0.4, 0.5) is 0 Å². The van der Waals surface area contributed by atoms with E-state index in [4.69, 9.17) is 16.3 Å². The Morgan fingerprint density at radius 2 is 2.05 bits per heavy atom. The van der Waals surface area contributed by atoms with Crippen molar-refractivity contribution >= 4 is 39.7 Å². The van der Waals surface area contributed by atoms with Crippen molar-refractivity contribution in [2.24, 2.45) is 5.10 Å². The van der Waals surface area contributed by atoms with Gasteiger partial charge in [0.05, 0.1) is 6.21 Å². The van der Waals surface area contributed by atoms with E-state index < -0.39 is 0 Å². The van der Waals surface area contributed by atoms with Gasteiger partial charge >= 0.3 is 0 Å². The molecule has 0 saturated carbocycles. The molecule has 2 aromatic rings. The average molecular weight is 368 g/mol. The number of rotatable bonds is 5. The largest absolute Gasteiger partial charge is 0.484 e. The molecule has 2 aromatic carbocycles. The summed E-state index contributed by atoms with van der Waals surface area (Å²) < 4.78 is 6.22. The van der Waals surface area contributed by atoms with Crippen LogP contribution >= 0.6 is 27.5 Å².